The number of thiol groups is 1. The van der Waals surface area contributed by atoms with Gasteiger partial charge in [0.2, 0.25) is 0 Å². The van der Waals surface area contributed by atoms with Gasteiger partial charge in [-0.25, -0.2) is 0 Å². The van der Waals surface area contributed by atoms with Crippen LogP contribution in [0.1, 0.15) is 316 Å². The second-order valence-corrected chi connectivity index (χ2v) is 19.8. The van der Waals surface area contributed by atoms with E-state index < -0.39 is 11.5 Å². The molecule has 0 saturated heterocycles. The van der Waals surface area contributed by atoms with Crippen LogP contribution in [-0.2, 0) is 23.8 Å². The molecule has 0 aromatic heterocycles. The minimum Gasteiger partial charge on any atom is -0.463 e. The Morgan fingerprint density at radius 1 is 0.381 bits per heavy atom. The van der Waals surface area contributed by atoms with Crippen LogP contribution in [0.4, 0.5) is 0 Å². The topological polar surface area (TPSA) is 61.8 Å². The number of allylic oxidation sites excluding steroid dienone is 2. The Labute approximate surface area is 399 Å². The Balaban J connectivity index is 4.33. The molecule has 374 valence electrons. The lowest BCUT2D eigenvalue weighted by Gasteiger charge is -2.23. The molecule has 0 fully saturated rings. The first-order valence-corrected chi connectivity index (χ1v) is 28.9. The van der Waals surface area contributed by atoms with Crippen molar-refractivity contribution in [3.63, 3.8) is 0 Å². The van der Waals surface area contributed by atoms with Gasteiger partial charge in [-0.15, -0.1) is 12.6 Å². The molecule has 0 aliphatic carbocycles. The van der Waals surface area contributed by atoms with Crippen molar-refractivity contribution in [3.8, 4) is 0 Å². The number of hydrogen-bond donors (Lipinski definition) is 1. The summed E-state index contributed by atoms with van der Waals surface area (Å²) in [6, 6.07) is 0. The molecular formula is C57H110O5S. The largest absolute Gasteiger partial charge is 0.463 e. The van der Waals surface area contributed by atoms with Crippen LogP contribution in [0.5, 0.6) is 0 Å². The number of ether oxygens (including phenoxy) is 3. The smallest absolute Gasteiger partial charge is 0.306 e. The first-order valence-electron chi connectivity index (χ1n) is 28.3. The fourth-order valence-corrected chi connectivity index (χ4v) is 8.88. The Morgan fingerprint density at radius 2 is 0.667 bits per heavy atom. The number of rotatable bonds is 53. The summed E-state index contributed by atoms with van der Waals surface area (Å²) in [6.07, 6.45) is 61.6. The van der Waals surface area contributed by atoms with Crippen molar-refractivity contribution in [2.75, 3.05) is 13.2 Å². The van der Waals surface area contributed by atoms with E-state index in [0.717, 1.165) is 38.5 Å². The summed E-state index contributed by atoms with van der Waals surface area (Å²) >= 11 is 4.65. The van der Waals surface area contributed by atoms with Gasteiger partial charge < -0.3 is 14.2 Å². The van der Waals surface area contributed by atoms with Gasteiger partial charge in [0.05, 0.1) is 0 Å². The summed E-state index contributed by atoms with van der Waals surface area (Å²) in [5.74, 6) is -0.431. The monoisotopic (exact) mass is 907 g/mol. The standard InChI is InChI=1S/C57H110O5S/c1-4-7-10-13-16-19-22-25-28-31-34-37-40-43-46-49-52-60-54(53-61-55(58)50-47-44-41-38-35-32-29-26-23-20-17-14-11-8-5-2)57(63)62-56(59)51-48-45-42-39-36-33-30-27-24-21-18-15-12-9-6-3/h25,28,54,57,63H,4-24,26-27,29-53H2,1-3H3/b28-25-. The van der Waals surface area contributed by atoms with E-state index in [4.69, 9.17) is 14.2 Å². The molecule has 63 heavy (non-hydrogen) atoms. The lowest BCUT2D eigenvalue weighted by Crippen LogP contribution is -2.34. The highest BCUT2D eigenvalue weighted by Gasteiger charge is 2.24. The zero-order valence-electron chi connectivity index (χ0n) is 42.7. The van der Waals surface area contributed by atoms with Crippen molar-refractivity contribution in [3.05, 3.63) is 12.2 Å². The van der Waals surface area contributed by atoms with Gasteiger partial charge in [-0.1, -0.05) is 270 Å². The highest BCUT2D eigenvalue weighted by atomic mass is 32.1. The van der Waals surface area contributed by atoms with Crippen molar-refractivity contribution in [2.24, 2.45) is 0 Å². The molecule has 0 heterocycles. The summed E-state index contributed by atoms with van der Waals surface area (Å²) in [6.45, 7) is 7.47. The number of unbranched alkanes of at least 4 members (excludes halogenated alkanes) is 40. The van der Waals surface area contributed by atoms with Gasteiger partial charge in [-0.3, -0.25) is 9.59 Å². The molecule has 0 radical (unpaired) electrons. The minimum atomic E-state index is -0.749. The van der Waals surface area contributed by atoms with Gasteiger partial charge in [0.25, 0.3) is 0 Å². The Bertz CT molecular complexity index is 939. The third-order valence-corrected chi connectivity index (χ3v) is 13.4. The summed E-state index contributed by atoms with van der Waals surface area (Å²) in [7, 11) is 0. The summed E-state index contributed by atoms with van der Waals surface area (Å²) in [5, 5.41) is 0. The zero-order chi connectivity index (χ0) is 45.8. The molecule has 0 aromatic rings. The van der Waals surface area contributed by atoms with E-state index in [1.807, 2.05) is 0 Å². The van der Waals surface area contributed by atoms with Crippen molar-refractivity contribution < 1.29 is 23.8 Å². The maximum Gasteiger partial charge on any atom is 0.306 e. The van der Waals surface area contributed by atoms with E-state index in [9.17, 15) is 9.59 Å². The molecule has 2 atom stereocenters. The van der Waals surface area contributed by atoms with Gasteiger partial charge in [0.15, 0.2) is 5.44 Å². The number of carbonyl (C=O) groups excluding carboxylic acids is 2. The number of esters is 2. The Morgan fingerprint density at radius 3 is 1.02 bits per heavy atom. The molecule has 0 aliphatic heterocycles. The van der Waals surface area contributed by atoms with E-state index in [1.54, 1.807) is 0 Å². The van der Waals surface area contributed by atoms with Crippen molar-refractivity contribution in [1.82, 2.24) is 0 Å². The molecule has 5 nitrogen and oxygen atoms in total. The van der Waals surface area contributed by atoms with E-state index in [1.165, 1.54) is 244 Å². The van der Waals surface area contributed by atoms with E-state index >= 15 is 0 Å². The molecular weight excluding hydrogens is 797 g/mol. The lowest BCUT2D eigenvalue weighted by molar-refractivity contribution is -0.158. The predicted molar refractivity (Wildman–Crippen MR) is 278 cm³/mol. The minimum absolute atomic E-state index is 0.0738. The van der Waals surface area contributed by atoms with Crippen LogP contribution in [0.2, 0.25) is 0 Å². The fraction of sp³-hybridized carbons (Fsp3) is 0.930. The van der Waals surface area contributed by atoms with Crippen LogP contribution in [0.15, 0.2) is 12.2 Å². The van der Waals surface area contributed by atoms with Gasteiger partial charge in [0.1, 0.15) is 12.7 Å². The quantitative estimate of drug-likeness (QED) is 0.0217. The third-order valence-electron chi connectivity index (χ3n) is 12.9. The number of hydrogen-bond acceptors (Lipinski definition) is 6. The maximum absolute atomic E-state index is 12.8. The Kier molecular flexibility index (Phi) is 52.7. The van der Waals surface area contributed by atoms with Gasteiger partial charge in [0, 0.05) is 19.4 Å². The van der Waals surface area contributed by atoms with E-state index in [0.29, 0.717) is 19.4 Å². The highest BCUT2D eigenvalue weighted by molar-refractivity contribution is 7.80. The van der Waals surface area contributed by atoms with Crippen LogP contribution in [-0.4, -0.2) is 36.7 Å². The molecule has 0 rings (SSSR count). The summed E-state index contributed by atoms with van der Waals surface area (Å²) < 4.78 is 17.6. The molecule has 6 heteroatoms. The first kappa shape index (κ1) is 62.0. The van der Waals surface area contributed by atoms with Crippen molar-refractivity contribution in [2.45, 2.75) is 328 Å². The molecule has 0 saturated carbocycles. The average molecular weight is 908 g/mol. The molecule has 0 aromatic carbocycles. The maximum atomic E-state index is 12.8. The van der Waals surface area contributed by atoms with E-state index in [2.05, 4.69) is 45.6 Å². The highest BCUT2D eigenvalue weighted by Crippen LogP contribution is 2.18. The second kappa shape index (κ2) is 53.6. The van der Waals surface area contributed by atoms with Crippen LogP contribution >= 0.6 is 12.6 Å². The van der Waals surface area contributed by atoms with Crippen LogP contribution in [0, 0.1) is 0 Å². The summed E-state index contributed by atoms with van der Waals surface area (Å²) in [4.78, 5) is 25.5. The summed E-state index contributed by atoms with van der Waals surface area (Å²) in [5.41, 5.74) is -0.749. The Hall–Kier alpha value is -1.01. The molecule has 0 amide bonds. The van der Waals surface area contributed by atoms with Crippen LogP contribution in [0.25, 0.3) is 0 Å². The van der Waals surface area contributed by atoms with Crippen LogP contribution in [0.3, 0.4) is 0 Å². The fourth-order valence-electron chi connectivity index (χ4n) is 8.60. The predicted octanol–water partition coefficient (Wildman–Crippen LogP) is 19.3. The van der Waals surface area contributed by atoms with Gasteiger partial charge in [-0.05, 0) is 44.9 Å². The lowest BCUT2D eigenvalue weighted by atomic mass is 10.0. The molecule has 0 N–H and O–H groups in total. The van der Waals surface area contributed by atoms with Crippen molar-refractivity contribution >= 4 is 24.6 Å². The SMILES string of the molecule is CCCCCCCC/C=C\CCCCCCCCOC(COC(=O)CCCCCCCCCCCCCCCCC)C(S)OC(=O)CCCCCCCCCCCCCCCCC. The number of carbonyl (C=O) groups is 2. The van der Waals surface area contributed by atoms with Gasteiger partial charge >= 0.3 is 11.9 Å². The van der Waals surface area contributed by atoms with Crippen LogP contribution < -0.4 is 0 Å². The third kappa shape index (κ3) is 50.2. The zero-order valence-corrected chi connectivity index (χ0v) is 43.6. The van der Waals surface area contributed by atoms with Crippen molar-refractivity contribution in [1.29, 1.82) is 0 Å². The molecule has 2 unspecified atom stereocenters. The second-order valence-electron chi connectivity index (χ2n) is 19.3. The van der Waals surface area contributed by atoms with E-state index in [-0.39, 0.29) is 18.5 Å². The van der Waals surface area contributed by atoms with Gasteiger partial charge in [-0.2, -0.15) is 0 Å². The average Bonchev–Trinajstić information content (AvgIpc) is 3.28. The molecule has 0 bridgehead atoms. The first-order chi connectivity index (χ1) is 31.0. The normalized spacial score (nSPS) is 12.6. The molecule has 0 spiro atoms. The molecule has 0 aliphatic rings.